The SMILES string of the molecule is CCC(NS(=O)(=O)C1CCNCC1)C(C)C. The molecule has 2 N–H and O–H groups in total. The highest BCUT2D eigenvalue weighted by molar-refractivity contribution is 7.90. The molecule has 5 heteroatoms. The summed E-state index contributed by atoms with van der Waals surface area (Å²) in [5.74, 6) is 0.349. The molecule has 1 aliphatic heterocycles. The summed E-state index contributed by atoms with van der Waals surface area (Å²) in [5.41, 5.74) is 0. The van der Waals surface area contributed by atoms with Crippen LogP contribution in [0.4, 0.5) is 0 Å². The fourth-order valence-electron chi connectivity index (χ4n) is 2.10. The number of nitrogens with one attached hydrogen (secondary N) is 2. The average molecular weight is 248 g/mol. The average Bonchev–Trinajstić information content (AvgIpc) is 2.27. The molecule has 1 aliphatic rings. The molecule has 0 saturated carbocycles. The summed E-state index contributed by atoms with van der Waals surface area (Å²) >= 11 is 0. The number of rotatable bonds is 5. The zero-order chi connectivity index (χ0) is 12.2. The molecule has 0 aromatic carbocycles. The summed E-state index contributed by atoms with van der Waals surface area (Å²) in [7, 11) is -3.13. The Labute approximate surface area is 99.2 Å². The molecule has 0 spiro atoms. The summed E-state index contributed by atoms with van der Waals surface area (Å²) in [4.78, 5) is 0. The van der Waals surface area contributed by atoms with Crippen molar-refractivity contribution in [3.8, 4) is 0 Å². The summed E-state index contributed by atoms with van der Waals surface area (Å²) in [6.45, 7) is 7.75. The molecule has 0 aromatic heterocycles. The van der Waals surface area contributed by atoms with Gasteiger partial charge in [0.2, 0.25) is 10.0 Å². The number of hydrogen-bond donors (Lipinski definition) is 2. The molecule has 96 valence electrons. The second-order valence-electron chi connectivity index (χ2n) is 4.87. The number of piperidine rings is 1. The van der Waals surface area contributed by atoms with Crippen molar-refractivity contribution in [2.24, 2.45) is 5.92 Å². The van der Waals surface area contributed by atoms with E-state index in [0.717, 1.165) is 32.4 Å². The second-order valence-corrected chi connectivity index (χ2v) is 6.86. The Morgan fingerprint density at radius 3 is 2.31 bits per heavy atom. The van der Waals surface area contributed by atoms with Gasteiger partial charge in [0.05, 0.1) is 5.25 Å². The van der Waals surface area contributed by atoms with Crippen LogP contribution in [0.25, 0.3) is 0 Å². The fraction of sp³-hybridized carbons (Fsp3) is 1.00. The number of hydrogen-bond acceptors (Lipinski definition) is 3. The standard InChI is InChI=1S/C11H24N2O2S/c1-4-11(9(2)3)13-16(14,15)10-5-7-12-8-6-10/h9-13H,4-8H2,1-3H3. The van der Waals surface area contributed by atoms with Gasteiger partial charge < -0.3 is 5.32 Å². The predicted molar refractivity (Wildman–Crippen MR) is 66.9 cm³/mol. The van der Waals surface area contributed by atoms with Gasteiger partial charge >= 0.3 is 0 Å². The van der Waals surface area contributed by atoms with E-state index in [0.29, 0.717) is 5.92 Å². The van der Waals surface area contributed by atoms with Crippen molar-refractivity contribution in [3.63, 3.8) is 0 Å². The molecule has 1 fully saturated rings. The van der Waals surface area contributed by atoms with Crippen LogP contribution in [-0.2, 0) is 10.0 Å². The molecule has 0 aliphatic carbocycles. The van der Waals surface area contributed by atoms with Crippen LogP contribution in [0.2, 0.25) is 0 Å². The molecule has 1 saturated heterocycles. The molecular formula is C11H24N2O2S. The van der Waals surface area contributed by atoms with E-state index in [2.05, 4.69) is 23.9 Å². The Morgan fingerprint density at radius 1 is 1.31 bits per heavy atom. The Hall–Kier alpha value is -0.130. The zero-order valence-electron chi connectivity index (χ0n) is 10.5. The maximum absolute atomic E-state index is 12.1. The van der Waals surface area contributed by atoms with E-state index >= 15 is 0 Å². The highest BCUT2D eigenvalue weighted by Crippen LogP contribution is 2.15. The van der Waals surface area contributed by atoms with Crippen LogP contribution in [0, 0.1) is 5.92 Å². The molecule has 0 radical (unpaired) electrons. The van der Waals surface area contributed by atoms with Crippen LogP contribution < -0.4 is 10.0 Å². The highest BCUT2D eigenvalue weighted by Gasteiger charge is 2.29. The van der Waals surface area contributed by atoms with Crippen molar-refractivity contribution in [2.75, 3.05) is 13.1 Å². The van der Waals surface area contributed by atoms with Gasteiger partial charge in [-0.2, -0.15) is 0 Å². The molecule has 0 amide bonds. The van der Waals surface area contributed by atoms with Crippen LogP contribution >= 0.6 is 0 Å². The van der Waals surface area contributed by atoms with E-state index in [9.17, 15) is 8.42 Å². The van der Waals surface area contributed by atoms with Crippen LogP contribution in [0.1, 0.15) is 40.0 Å². The molecule has 1 rings (SSSR count). The van der Waals surface area contributed by atoms with Crippen molar-refractivity contribution in [3.05, 3.63) is 0 Å². The van der Waals surface area contributed by atoms with Crippen molar-refractivity contribution < 1.29 is 8.42 Å². The molecule has 1 unspecified atom stereocenters. The van der Waals surface area contributed by atoms with Crippen LogP contribution in [-0.4, -0.2) is 32.8 Å². The van der Waals surface area contributed by atoms with Gasteiger partial charge in [0.1, 0.15) is 0 Å². The van der Waals surface area contributed by atoms with Gasteiger partial charge in [-0.3, -0.25) is 0 Å². The lowest BCUT2D eigenvalue weighted by atomic mass is 10.0. The van der Waals surface area contributed by atoms with Crippen molar-refractivity contribution in [2.45, 2.75) is 51.3 Å². The van der Waals surface area contributed by atoms with E-state index in [1.165, 1.54) is 0 Å². The van der Waals surface area contributed by atoms with Gasteiger partial charge in [0.15, 0.2) is 0 Å². The van der Waals surface area contributed by atoms with Gasteiger partial charge in [-0.15, -0.1) is 0 Å². The van der Waals surface area contributed by atoms with Gasteiger partial charge in [-0.05, 0) is 38.3 Å². The minimum absolute atomic E-state index is 0.0693. The Balaban J connectivity index is 2.62. The Morgan fingerprint density at radius 2 is 1.88 bits per heavy atom. The third kappa shape index (κ3) is 3.71. The first kappa shape index (κ1) is 13.9. The third-order valence-electron chi connectivity index (χ3n) is 3.29. The topological polar surface area (TPSA) is 58.2 Å². The van der Waals surface area contributed by atoms with Gasteiger partial charge in [0, 0.05) is 6.04 Å². The minimum atomic E-state index is -3.13. The van der Waals surface area contributed by atoms with Crippen molar-refractivity contribution >= 4 is 10.0 Å². The lowest BCUT2D eigenvalue weighted by molar-refractivity contribution is 0.425. The smallest absolute Gasteiger partial charge is 0.214 e. The zero-order valence-corrected chi connectivity index (χ0v) is 11.3. The summed E-state index contributed by atoms with van der Waals surface area (Å²) in [6.07, 6.45) is 2.30. The second kappa shape index (κ2) is 5.98. The largest absolute Gasteiger partial charge is 0.317 e. The molecule has 1 heterocycles. The Bertz CT molecular complexity index is 295. The first-order valence-electron chi connectivity index (χ1n) is 6.19. The first-order chi connectivity index (χ1) is 7.47. The lowest BCUT2D eigenvalue weighted by Gasteiger charge is -2.27. The van der Waals surface area contributed by atoms with Crippen LogP contribution in [0.3, 0.4) is 0 Å². The molecular weight excluding hydrogens is 224 g/mol. The normalized spacial score (nSPS) is 21.2. The van der Waals surface area contributed by atoms with Crippen LogP contribution in [0.15, 0.2) is 0 Å². The highest BCUT2D eigenvalue weighted by atomic mass is 32.2. The molecule has 1 atom stereocenters. The molecule has 4 nitrogen and oxygen atoms in total. The van der Waals surface area contributed by atoms with Crippen LogP contribution in [0.5, 0.6) is 0 Å². The minimum Gasteiger partial charge on any atom is -0.317 e. The van der Waals surface area contributed by atoms with E-state index in [4.69, 9.17) is 0 Å². The summed E-state index contributed by atoms with van der Waals surface area (Å²) in [6, 6.07) is 0.0693. The maximum Gasteiger partial charge on any atom is 0.214 e. The monoisotopic (exact) mass is 248 g/mol. The molecule has 16 heavy (non-hydrogen) atoms. The van der Waals surface area contributed by atoms with Crippen molar-refractivity contribution in [1.82, 2.24) is 10.0 Å². The van der Waals surface area contributed by atoms with Crippen molar-refractivity contribution in [1.29, 1.82) is 0 Å². The fourth-order valence-corrected chi connectivity index (χ4v) is 4.01. The predicted octanol–water partition coefficient (Wildman–Crippen LogP) is 1.09. The molecule has 0 bridgehead atoms. The van der Waals surface area contributed by atoms with Gasteiger partial charge in [-0.25, -0.2) is 13.1 Å². The van der Waals surface area contributed by atoms with E-state index in [1.807, 2.05) is 6.92 Å². The van der Waals surface area contributed by atoms with E-state index in [-0.39, 0.29) is 11.3 Å². The summed E-state index contributed by atoms with van der Waals surface area (Å²) in [5, 5.41) is 2.98. The first-order valence-corrected chi connectivity index (χ1v) is 7.74. The number of sulfonamides is 1. The van der Waals surface area contributed by atoms with Gasteiger partial charge in [-0.1, -0.05) is 20.8 Å². The summed E-state index contributed by atoms with van der Waals surface area (Å²) < 4.78 is 27.1. The Kier molecular flexibility index (Phi) is 5.21. The quantitative estimate of drug-likeness (QED) is 0.766. The van der Waals surface area contributed by atoms with Gasteiger partial charge in [0.25, 0.3) is 0 Å². The van der Waals surface area contributed by atoms with E-state index in [1.54, 1.807) is 0 Å². The maximum atomic E-state index is 12.1. The van der Waals surface area contributed by atoms with E-state index < -0.39 is 10.0 Å². The molecule has 0 aromatic rings. The third-order valence-corrected chi connectivity index (χ3v) is 5.27. The lowest BCUT2D eigenvalue weighted by Crippen LogP contribution is -2.46.